The normalized spacial score (nSPS) is 17.4. The number of H-pyrrole nitrogens is 1. The molecule has 0 saturated carbocycles. The molecule has 1 aromatic heterocycles. The Morgan fingerprint density at radius 2 is 1.83 bits per heavy atom. The second kappa shape index (κ2) is 8.69. The zero-order chi connectivity index (χ0) is 21.1. The molecule has 1 amide bonds. The van der Waals surface area contributed by atoms with Gasteiger partial charge in [0, 0.05) is 31.5 Å². The number of fused-ring (bicyclic) bond motifs is 1. The van der Waals surface area contributed by atoms with Crippen molar-refractivity contribution in [2.24, 2.45) is 0 Å². The highest BCUT2D eigenvalue weighted by Gasteiger charge is 2.34. The zero-order valence-electron chi connectivity index (χ0n) is 17.2. The van der Waals surface area contributed by atoms with Crippen LogP contribution in [0, 0.1) is 0 Å². The molecule has 0 radical (unpaired) electrons. The number of nitrogens with one attached hydrogen (secondary N) is 1. The summed E-state index contributed by atoms with van der Waals surface area (Å²) >= 11 is 0. The Hall–Kier alpha value is -3.15. The van der Waals surface area contributed by atoms with E-state index in [9.17, 15) is 14.4 Å². The van der Waals surface area contributed by atoms with Gasteiger partial charge >= 0.3 is 5.69 Å². The van der Waals surface area contributed by atoms with Crippen molar-refractivity contribution >= 4 is 16.8 Å². The van der Waals surface area contributed by atoms with Gasteiger partial charge < -0.3 is 4.90 Å². The number of amides is 1. The second-order valence-corrected chi connectivity index (χ2v) is 7.90. The van der Waals surface area contributed by atoms with Gasteiger partial charge in [0.15, 0.2) is 0 Å². The van der Waals surface area contributed by atoms with Gasteiger partial charge in [-0.3, -0.25) is 19.1 Å². The van der Waals surface area contributed by atoms with Gasteiger partial charge in [-0.2, -0.15) is 0 Å². The number of aryl methyl sites for hydroxylation is 1. The minimum atomic E-state index is -0.472. The Kier molecular flexibility index (Phi) is 5.84. The number of carbonyl (C=O) groups is 1. The monoisotopic (exact) mass is 405 g/mol. The van der Waals surface area contributed by atoms with E-state index in [1.54, 1.807) is 24.3 Å². The van der Waals surface area contributed by atoms with E-state index >= 15 is 0 Å². The van der Waals surface area contributed by atoms with Gasteiger partial charge in [0.05, 0.1) is 10.9 Å². The molecule has 30 heavy (non-hydrogen) atoms. The van der Waals surface area contributed by atoms with Crippen LogP contribution in [0.5, 0.6) is 0 Å². The number of para-hydroxylation sites is 1. The van der Waals surface area contributed by atoms with Gasteiger partial charge in [-0.25, -0.2) is 4.79 Å². The summed E-state index contributed by atoms with van der Waals surface area (Å²) in [6, 6.07) is 17.6. The molecular weight excluding hydrogens is 378 g/mol. The maximum absolute atomic E-state index is 13.1. The molecule has 1 fully saturated rings. The number of aromatic nitrogens is 2. The van der Waals surface area contributed by atoms with Crippen LogP contribution in [0.1, 0.15) is 44.1 Å². The van der Waals surface area contributed by atoms with Gasteiger partial charge in [0.1, 0.15) is 0 Å². The molecule has 1 aliphatic rings. The lowest BCUT2D eigenvalue weighted by Crippen LogP contribution is -2.40. The standard InChI is InChI=1S/C24H27N3O3/c1-2-18(17-9-4-3-5-10-17)20-13-8-15-26(20)22(28)14-16-27-21-12-7-6-11-19(21)23(29)25-24(27)30/h3-7,9-12,18,20H,2,8,13-16H2,1H3,(H,25,29,30)/t18-,20-/m0/s1. The minimum absolute atomic E-state index is 0.0639. The van der Waals surface area contributed by atoms with E-state index in [4.69, 9.17) is 0 Å². The molecule has 6 nitrogen and oxygen atoms in total. The van der Waals surface area contributed by atoms with Gasteiger partial charge in [0.2, 0.25) is 5.91 Å². The fourth-order valence-corrected chi connectivity index (χ4v) is 4.77. The highest BCUT2D eigenvalue weighted by molar-refractivity contribution is 5.79. The van der Waals surface area contributed by atoms with Crippen LogP contribution in [-0.2, 0) is 11.3 Å². The average Bonchev–Trinajstić information content (AvgIpc) is 3.24. The Labute approximate surface area is 175 Å². The van der Waals surface area contributed by atoms with E-state index in [0.717, 1.165) is 25.8 Å². The molecule has 156 valence electrons. The largest absolute Gasteiger partial charge is 0.339 e. The van der Waals surface area contributed by atoms with Crippen molar-refractivity contribution in [3.63, 3.8) is 0 Å². The molecule has 0 spiro atoms. The molecule has 0 aliphatic carbocycles. The molecule has 6 heteroatoms. The average molecular weight is 405 g/mol. The first-order chi connectivity index (χ1) is 14.6. The van der Waals surface area contributed by atoms with Crippen LogP contribution in [0.15, 0.2) is 64.2 Å². The molecule has 2 aromatic carbocycles. The fourth-order valence-electron chi connectivity index (χ4n) is 4.77. The lowest BCUT2D eigenvalue weighted by Gasteiger charge is -2.32. The Morgan fingerprint density at radius 3 is 2.60 bits per heavy atom. The molecule has 1 N–H and O–H groups in total. The summed E-state index contributed by atoms with van der Waals surface area (Å²) < 4.78 is 1.49. The van der Waals surface area contributed by atoms with Crippen LogP contribution in [0.3, 0.4) is 0 Å². The number of rotatable bonds is 6. The van der Waals surface area contributed by atoms with E-state index in [1.807, 2.05) is 23.1 Å². The maximum Gasteiger partial charge on any atom is 0.328 e. The molecule has 3 aromatic rings. The lowest BCUT2D eigenvalue weighted by atomic mass is 9.87. The van der Waals surface area contributed by atoms with Crippen molar-refractivity contribution in [3.8, 4) is 0 Å². The molecule has 1 aliphatic heterocycles. The van der Waals surface area contributed by atoms with Crippen molar-refractivity contribution < 1.29 is 4.79 Å². The number of likely N-dealkylation sites (tertiary alicyclic amines) is 1. The summed E-state index contributed by atoms with van der Waals surface area (Å²) in [4.78, 5) is 41.9. The van der Waals surface area contributed by atoms with Gasteiger partial charge in [0.25, 0.3) is 5.56 Å². The number of nitrogens with zero attached hydrogens (tertiary/aromatic N) is 2. The molecular formula is C24H27N3O3. The number of carbonyl (C=O) groups excluding carboxylic acids is 1. The predicted molar refractivity (Wildman–Crippen MR) is 118 cm³/mol. The number of aromatic amines is 1. The topological polar surface area (TPSA) is 75.2 Å². The maximum atomic E-state index is 13.1. The molecule has 2 atom stereocenters. The van der Waals surface area contributed by atoms with Crippen LogP contribution in [0.25, 0.3) is 10.9 Å². The van der Waals surface area contributed by atoms with Crippen LogP contribution in [0.4, 0.5) is 0 Å². The highest BCUT2D eigenvalue weighted by atomic mass is 16.2. The van der Waals surface area contributed by atoms with Crippen LogP contribution in [-0.4, -0.2) is 32.9 Å². The van der Waals surface area contributed by atoms with Crippen LogP contribution < -0.4 is 11.2 Å². The third-order valence-corrected chi connectivity index (χ3v) is 6.21. The van der Waals surface area contributed by atoms with Gasteiger partial charge in [-0.05, 0) is 37.0 Å². The summed E-state index contributed by atoms with van der Waals surface area (Å²) in [6.07, 6.45) is 3.21. The van der Waals surface area contributed by atoms with E-state index in [0.29, 0.717) is 16.8 Å². The van der Waals surface area contributed by atoms with Crippen LogP contribution >= 0.6 is 0 Å². The first kappa shape index (κ1) is 20.1. The second-order valence-electron chi connectivity index (χ2n) is 7.90. The Morgan fingerprint density at radius 1 is 1.10 bits per heavy atom. The number of hydrogen-bond acceptors (Lipinski definition) is 3. The van der Waals surface area contributed by atoms with Crippen molar-refractivity contribution in [1.29, 1.82) is 0 Å². The highest BCUT2D eigenvalue weighted by Crippen LogP contribution is 2.34. The van der Waals surface area contributed by atoms with Crippen molar-refractivity contribution in [1.82, 2.24) is 14.5 Å². The molecule has 4 rings (SSSR count). The SMILES string of the molecule is CC[C@@H](c1ccccc1)[C@@H]1CCCN1C(=O)CCn1c(=O)[nH]c(=O)c2ccccc21. The summed E-state index contributed by atoms with van der Waals surface area (Å²) in [6.45, 7) is 3.18. The van der Waals surface area contributed by atoms with E-state index in [2.05, 4.69) is 24.0 Å². The molecule has 2 heterocycles. The Bertz CT molecular complexity index is 1150. The third-order valence-electron chi connectivity index (χ3n) is 6.21. The first-order valence-corrected chi connectivity index (χ1v) is 10.7. The lowest BCUT2D eigenvalue weighted by molar-refractivity contribution is -0.132. The summed E-state index contributed by atoms with van der Waals surface area (Å²) in [5.41, 5.74) is 0.965. The number of hydrogen-bond donors (Lipinski definition) is 1. The zero-order valence-corrected chi connectivity index (χ0v) is 17.2. The van der Waals surface area contributed by atoms with E-state index in [-0.39, 0.29) is 24.9 Å². The summed E-state index contributed by atoms with van der Waals surface area (Å²) in [5.74, 6) is 0.378. The Balaban J connectivity index is 1.54. The summed E-state index contributed by atoms with van der Waals surface area (Å²) in [7, 11) is 0. The van der Waals surface area contributed by atoms with Crippen LogP contribution in [0.2, 0.25) is 0 Å². The van der Waals surface area contributed by atoms with Crippen molar-refractivity contribution in [2.45, 2.75) is 51.1 Å². The third kappa shape index (κ3) is 3.82. The van der Waals surface area contributed by atoms with E-state index < -0.39 is 11.2 Å². The molecule has 0 bridgehead atoms. The predicted octanol–water partition coefficient (Wildman–Crippen LogP) is 3.26. The molecule has 1 saturated heterocycles. The van der Waals surface area contributed by atoms with Gasteiger partial charge in [-0.1, -0.05) is 49.4 Å². The molecule has 0 unspecified atom stereocenters. The minimum Gasteiger partial charge on any atom is -0.339 e. The van der Waals surface area contributed by atoms with Gasteiger partial charge in [-0.15, -0.1) is 0 Å². The van der Waals surface area contributed by atoms with E-state index in [1.165, 1.54) is 10.1 Å². The first-order valence-electron chi connectivity index (χ1n) is 10.7. The summed E-state index contributed by atoms with van der Waals surface area (Å²) in [5, 5.41) is 0.457. The van der Waals surface area contributed by atoms with Crippen molar-refractivity contribution in [3.05, 3.63) is 81.0 Å². The van der Waals surface area contributed by atoms with Crippen molar-refractivity contribution in [2.75, 3.05) is 6.54 Å². The smallest absolute Gasteiger partial charge is 0.328 e. The fraction of sp³-hybridized carbons (Fsp3) is 0.375. The number of benzene rings is 2. The quantitative estimate of drug-likeness (QED) is 0.684.